The van der Waals surface area contributed by atoms with E-state index in [-0.39, 0.29) is 18.5 Å². The fourth-order valence-corrected chi connectivity index (χ4v) is 11.8. The molecular formula is C78H147NO5. The molecule has 0 aliphatic heterocycles. The van der Waals surface area contributed by atoms with Crippen molar-refractivity contribution in [2.75, 3.05) is 13.2 Å². The third-order valence-corrected chi connectivity index (χ3v) is 17.6. The van der Waals surface area contributed by atoms with Crippen molar-refractivity contribution in [3.63, 3.8) is 0 Å². The number of rotatable bonds is 71. The molecule has 84 heavy (non-hydrogen) atoms. The lowest BCUT2D eigenvalue weighted by Crippen LogP contribution is -2.45. The Morgan fingerprint density at radius 3 is 0.917 bits per heavy atom. The van der Waals surface area contributed by atoms with E-state index in [1.54, 1.807) is 6.08 Å². The Balaban J connectivity index is 3.40. The van der Waals surface area contributed by atoms with Crippen molar-refractivity contribution < 1.29 is 24.5 Å². The van der Waals surface area contributed by atoms with Crippen LogP contribution in [0, 0.1) is 0 Å². The fraction of sp³-hybridized carbons (Fsp3) is 0.872. The van der Waals surface area contributed by atoms with E-state index in [0.29, 0.717) is 19.4 Å². The maximum Gasteiger partial charge on any atom is 0.305 e. The van der Waals surface area contributed by atoms with Gasteiger partial charge in [-0.25, -0.2) is 0 Å². The molecule has 494 valence electrons. The first-order valence-electron chi connectivity index (χ1n) is 37.9. The molecule has 0 aromatic heterocycles. The van der Waals surface area contributed by atoms with Crippen LogP contribution in [0.25, 0.3) is 0 Å². The van der Waals surface area contributed by atoms with Gasteiger partial charge in [-0.2, -0.15) is 0 Å². The summed E-state index contributed by atoms with van der Waals surface area (Å²) in [4.78, 5) is 24.6. The summed E-state index contributed by atoms with van der Waals surface area (Å²) in [6.45, 7) is 4.93. The zero-order valence-electron chi connectivity index (χ0n) is 56.6. The summed E-state index contributed by atoms with van der Waals surface area (Å²) in [7, 11) is 0. The van der Waals surface area contributed by atoms with Gasteiger partial charge in [-0.15, -0.1) is 0 Å². The SMILES string of the molecule is CCCCCCCC/C=C\CCCCCCCCCCCC(=O)OCCCCCCCCCCC/C=C\C/C=C\CCCCCCCCCCCCCCCCCC(=O)NC(CO)C(O)/C=C/CCCCCCCCCCCCCCCCC. The Morgan fingerprint density at radius 2 is 0.595 bits per heavy atom. The fourth-order valence-electron chi connectivity index (χ4n) is 11.8. The molecule has 0 aliphatic carbocycles. The van der Waals surface area contributed by atoms with Crippen LogP contribution in [0.3, 0.4) is 0 Å². The molecule has 0 saturated carbocycles. The number of amides is 1. The lowest BCUT2D eigenvalue weighted by Gasteiger charge is -2.20. The lowest BCUT2D eigenvalue weighted by molar-refractivity contribution is -0.143. The Labute approximate surface area is 525 Å². The van der Waals surface area contributed by atoms with Crippen molar-refractivity contribution in [3.8, 4) is 0 Å². The Hall–Kier alpha value is -2.18. The molecular weight excluding hydrogens is 1030 g/mol. The van der Waals surface area contributed by atoms with Crippen molar-refractivity contribution >= 4 is 11.9 Å². The van der Waals surface area contributed by atoms with Gasteiger partial charge >= 0.3 is 5.97 Å². The summed E-state index contributed by atoms with van der Waals surface area (Å²) in [6, 6.07) is -0.628. The molecule has 0 rings (SSSR count). The first-order valence-corrected chi connectivity index (χ1v) is 37.9. The van der Waals surface area contributed by atoms with Gasteiger partial charge in [0.25, 0.3) is 0 Å². The van der Waals surface area contributed by atoms with Crippen LogP contribution < -0.4 is 5.32 Å². The highest BCUT2D eigenvalue weighted by atomic mass is 16.5. The second kappa shape index (κ2) is 73.3. The third-order valence-electron chi connectivity index (χ3n) is 17.6. The standard InChI is InChI=1S/C78H147NO5/c1-3-5-7-9-11-13-15-17-19-21-35-40-44-48-52-56-60-64-68-72-78(83)84-73-69-65-61-57-53-49-45-41-37-34-32-30-28-26-24-22-23-25-27-29-31-33-36-39-43-47-51-55-59-63-67-71-77(82)79-75(74-80)76(81)70-66-62-58-54-50-46-42-38-20-18-16-14-12-10-8-6-4-2/h17,19,24,26,30,32,66,70,75-76,80-81H,3-16,18,20-23,25,27-29,31,33-65,67-69,71-74H2,1-2H3,(H,79,82)/b19-17-,26-24-,32-30-,70-66+. The van der Waals surface area contributed by atoms with Crippen LogP contribution >= 0.6 is 0 Å². The normalized spacial score (nSPS) is 12.8. The number of carbonyl (C=O) groups excluding carboxylic acids is 2. The maximum atomic E-state index is 12.5. The van der Waals surface area contributed by atoms with Gasteiger partial charge in [-0.05, 0) is 89.9 Å². The summed E-state index contributed by atoms with van der Waals surface area (Å²) >= 11 is 0. The number of allylic oxidation sites excluding steroid dienone is 7. The Kier molecular flexibility index (Phi) is 71.4. The molecule has 1 amide bonds. The van der Waals surface area contributed by atoms with Crippen LogP contribution in [-0.4, -0.2) is 47.4 Å². The molecule has 6 heteroatoms. The molecule has 0 aliphatic rings. The second-order valence-corrected chi connectivity index (χ2v) is 26.0. The molecule has 0 spiro atoms. The first-order chi connectivity index (χ1) is 41.5. The van der Waals surface area contributed by atoms with E-state index < -0.39 is 12.1 Å². The van der Waals surface area contributed by atoms with E-state index in [2.05, 4.69) is 55.6 Å². The predicted molar refractivity (Wildman–Crippen MR) is 370 cm³/mol. The molecule has 0 aromatic rings. The average molecular weight is 1180 g/mol. The minimum absolute atomic E-state index is 0.0129. The van der Waals surface area contributed by atoms with Crippen LogP contribution in [0.4, 0.5) is 0 Å². The van der Waals surface area contributed by atoms with Crippen molar-refractivity contribution in [2.24, 2.45) is 0 Å². The maximum absolute atomic E-state index is 12.5. The topological polar surface area (TPSA) is 95.9 Å². The van der Waals surface area contributed by atoms with E-state index >= 15 is 0 Å². The number of nitrogens with one attached hydrogen (secondary N) is 1. The van der Waals surface area contributed by atoms with Crippen molar-refractivity contribution in [1.29, 1.82) is 0 Å². The van der Waals surface area contributed by atoms with Crippen LogP contribution in [0.1, 0.15) is 412 Å². The molecule has 2 atom stereocenters. The van der Waals surface area contributed by atoms with Gasteiger partial charge in [0.15, 0.2) is 0 Å². The Bertz CT molecular complexity index is 1400. The lowest BCUT2D eigenvalue weighted by atomic mass is 10.0. The van der Waals surface area contributed by atoms with Crippen LogP contribution in [0.15, 0.2) is 48.6 Å². The number of esters is 1. The van der Waals surface area contributed by atoms with Crippen LogP contribution in [0.5, 0.6) is 0 Å². The molecule has 0 bridgehead atoms. The number of aliphatic hydroxyl groups excluding tert-OH is 2. The zero-order valence-corrected chi connectivity index (χ0v) is 56.6. The highest BCUT2D eigenvalue weighted by Crippen LogP contribution is 2.19. The van der Waals surface area contributed by atoms with E-state index in [9.17, 15) is 19.8 Å². The van der Waals surface area contributed by atoms with E-state index in [1.807, 2.05) is 6.08 Å². The molecule has 2 unspecified atom stereocenters. The van der Waals surface area contributed by atoms with E-state index in [0.717, 1.165) is 51.4 Å². The minimum Gasteiger partial charge on any atom is -0.466 e. The second-order valence-electron chi connectivity index (χ2n) is 26.0. The minimum atomic E-state index is -0.845. The zero-order chi connectivity index (χ0) is 60.6. The van der Waals surface area contributed by atoms with Crippen molar-refractivity contribution in [3.05, 3.63) is 48.6 Å². The number of carbonyl (C=O) groups is 2. The van der Waals surface area contributed by atoms with Gasteiger partial charge in [0, 0.05) is 12.8 Å². The Morgan fingerprint density at radius 1 is 0.333 bits per heavy atom. The van der Waals surface area contributed by atoms with E-state index in [1.165, 1.54) is 334 Å². The molecule has 0 radical (unpaired) electrons. The monoisotopic (exact) mass is 1180 g/mol. The number of hydrogen-bond donors (Lipinski definition) is 3. The average Bonchev–Trinajstić information content (AvgIpc) is 3.51. The number of ether oxygens (including phenoxy) is 1. The number of unbranched alkanes of at least 4 members (excludes halogenated alkanes) is 54. The van der Waals surface area contributed by atoms with Gasteiger partial charge < -0.3 is 20.3 Å². The van der Waals surface area contributed by atoms with Crippen LogP contribution in [0.2, 0.25) is 0 Å². The number of hydrogen-bond acceptors (Lipinski definition) is 5. The quantitative estimate of drug-likeness (QED) is 0.0320. The van der Waals surface area contributed by atoms with Gasteiger partial charge in [-0.3, -0.25) is 9.59 Å². The van der Waals surface area contributed by atoms with Gasteiger partial charge in [0.05, 0.1) is 25.4 Å². The number of aliphatic hydroxyl groups is 2. The highest BCUT2D eigenvalue weighted by Gasteiger charge is 2.18. The van der Waals surface area contributed by atoms with Gasteiger partial charge in [0.2, 0.25) is 5.91 Å². The van der Waals surface area contributed by atoms with E-state index in [4.69, 9.17) is 4.74 Å². The first kappa shape index (κ1) is 81.8. The van der Waals surface area contributed by atoms with Gasteiger partial charge in [-0.1, -0.05) is 358 Å². The van der Waals surface area contributed by atoms with Gasteiger partial charge in [0.1, 0.15) is 0 Å². The third kappa shape index (κ3) is 68.9. The largest absolute Gasteiger partial charge is 0.466 e. The molecule has 0 aromatic carbocycles. The summed E-state index contributed by atoms with van der Waals surface area (Å²) in [5.74, 6) is -0.0518. The predicted octanol–water partition coefficient (Wildman–Crippen LogP) is 24.8. The summed E-state index contributed by atoms with van der Waals surface area (Å²) in [5, 5.41) is 23.2. The molecule has 3 N–H and O–H groups in total. The summed E-state index contributed by atoms with van der Waals surface area (Å²) in [5.41, 5.74) is 0. The molecule has 6 nitrogen and oxygen atoms in total. The summed E-state index contributed by atoms with van der Waals surface area (Å²) in [6.07, 6.45) is 96.4. The van der Waals surface area contributed by atoms with Crippen molar-refractivity contribution in [2.45, 2.75) is 424 Å². The molecule has 0 saturated heterocycles. The highest BCUT2D eigenvalue weighted by molar-refractivity contribution is 5.76. The summed E-state index contributed by atoms with van der Waals surface area (Å²) < 4.78 is 5.51. The molecule has 0 fully saturated rings. The molecule has 0 heterocycles. The van der Waals surface area contributed by atoms with Crippen LogP contribution in [-0.2, 0) is 14.3 Å². The smallest absolute Gasteiger partial charge is 0.305 e. The van der Waals surface area contributed by atoms with Crippen molar-refractivity contribution in [1.82, 2.24) is 5.32 Å².